The van der Waals surface area contributed by atoms with Crippen LogP contribution in [0.15, 0.2) is 46.3 Å². The van der Waals surface area contributed by atoms with Crippen molar-refractivity contribution in [2.24, 2.45) is 4.99 Å². The van der Waals surface area contributed by atoms with Gasteiger partial charge in [-0.25, -0.2) is 12.8 Å². The summed E-state index contributed by atoms with van der Waals surface area (Å²) in [5, 5.41) is 6.37. The van der Waals surface area contributed by atoms with E-state index in [1.807, 2.05) is 17.0 Å². The molecule has 7 nitrogen and oxygen atoms in total. The summed E-state index contributed by atoms with van der Waals surface area (Å²) in [7, 11) is -1.57. The van der Waals surface area contributed by atoms with Crippen molar-refractivity contribution in [1.82, 2.24) is 10.6 Å². The Balaban J connectivity index is 0.00000363. The molecule has 1 aliphatic rings. The summed E-state index contributed by atoms with van der Waals surface area (Å²) < 4.78 is 43.4. The SMILES string of the molecule is CN=C(NCc1ccc(S(C)(=O)=O)c(C)c1)NCc1ccc(N2CCOCC2)c(F)c1.I. The second-order valence-corrected chi connectivity index (χ2v) is 9.52. The summed E-state index contributed by atoms with van der Waals surface area (Å²) in [4.78, 5) is 6.52. The van der Waals surface area contributed by atoms with Gasteiger partial charge in [-0.15, -0.1) is 24.0 Å². The lowest BCUT2D eigenvalue weighted by atomic mass is 10.1. The molecule has 0 spiro atoms. The summed E-state index contributed by atoms with van der Waals surface area (Å²) in [6.07, 6.45) is 1.20. The molecule has 0 unspecified atom stereocenters. The van der Waals surface area contributed by atoms with E-state index < -0.39 is 9.84 Å². The summed E-state index contributed by atoms with van der Waals surface area (Å²) in [5.41, 5.74) is 3.06. The van der Waals surface area contributed by atoms with Crippen molar-refractivity contribution >= 4 is 45.5 Å². The van der Waals surface area contributed by atoms with E-state index in [1.165, 1.54) is 6.26 Å². The maximum absolute atomic E-state index is 14.6. The monoisotopic (exact) mass is 576 g/mol. The van der Waals surface area contributed by atoms with Gasteiger partial charge in [0.15, 0.2) is 15.8 Å². The summed E-state index contributed by atoms with van der Waals surface area (Å²) in [6.45, 7) is 5.29. The highest BCUT2D eigenvalue weighted by molar-refractivity contribution is 14.0. The predicted molar refractivity (Wildman–Crippen MR) is 136 cm³/mol. The van der Waals surface area contributed by atoms with Crippen LogP contribution >= 0.6 is 24.0 Å². The minimum absolute atomic E-state index is 0. The summed E-state index contributed by atoms with van der Waals surface area (Å²) in [6, 6.07) is 10.5. The first-order valence-electron chi connectivity index (χ1n) is 10.1. The number of rotatable bonds is 6. The molecule has 0 aliphatic carbocycles. The van der Waals surface area contributed by atoms with E-state index in [-0.39, 0.29) is 29.8 Å². The number of aryl methyl sites for hydroxylation is 1. The van der Waals surface area contributed by atoms with E-state index in [0.29, 0.717) is 61.5 Å². The Bertz CT molecular complexity index is 1060. The van der Waals surface area contributed by atoms with Gasteiger partial charge in [0.2, 0.25) is 0 Å². The van der Waals surface area contributed by atoms with Crippen LogP contribution in [0.5, 0.6) is 0 Å². The van der Waals surface area contributed by atoms with Crippen LogP contribution in [0.2, 0.25) is 0 Å². The molecule has 1 heterocycles. The molecule has 176 valence electrons. The normalized spacial score (nSPS) is 14.6. The highest BCUT2D eigenvalue weighted by atomic mass is 127. The average Bonchev–Trinajstić information content (AvgIpc) is 2.73. The number of hydrogen-bond acceptors (Lipinski definition) is 5. The molecule has 0 aromatic heterocycles. The Morgan fingerprint density at radius 1 is 1.09 bits per heavy atom. The molecule has 0 bridgehead atoms. The van der Waals surface area contributed by atoms with E-state index in [2.05, 4.69) is 15.6 Å². The molecule has 32 heavy (non-hydrogen) atoms. The van der Waals surface area contributed by atoms with Crippen molar-refractivity contribution < 1.29 is 17.5 Å². The zero-order valence-electron chi connectivity index (χ0n) is 18.5. The van der Waals surface area contributed by atoms with E-state index in [0.717, 1.165) is 11.1 Å². The number of guanidine groups is 1. The molecule has 1 aliphatic heterocycles. The first-order chi connectivity index (χ1) is 14.8. The maximum atomic E-state index is 14.6. The molecule has 0 saturated carbocycles. The molecule has 1 fully saturated rings. The van der Waals surface area contributed by atoms with Crippen molar-refractivity contribution in [3.05, 3.63) is 58.9 Å². The lowest BCUT2D eigenvalue weighted by Crippen LogP contribution is -2.37. The van der Waals surface area contributed by atoms with Gasteiger partial charge in [0.1, 0.15) is 5.82 Å². The van der Waals surface area contributed by atoms with Crippen LogP contribution in [0.1, 0.15) is 16.7 Å². The van der Waals surface area contributed by atoms with Gasteiger partial charge in [-0.2, -0.15) is 0 Å². The van der Waals surface area contributed by atoms with Crippen molar-refractivity contribution in [3.8, 4) is 0 Å². The number of benzene rings is 2. The topological polar surface area (TPSA) is 83.0 Å². The second kappa shape index (κ2) is 11.8. The minimum Gasteiger partial charge on any atom is -0.378 e. The van der Waals surface area contributed by atoms with E-state index >= 15 is 0 Å². The Kier molecular flexibility index (Phi) is 9.71. The molecule has 3 rings (SSSR count). The third kappa shape index (κ3) is 7.04. The molecular formula is C22H30FIN4O3S. The standard InChI is InChI=1S/C22H29FN4O3S.HI/c1-16-12-17(5-7-21(16)31(3,28)29)14-25-22(24-2)26-15-18-4-6-20(19(23)13-18)27-8-10-30-11-9-27;/h4-7,12-13H,8-11,14-15H2,1-3H3,(H2,24,25,26);1H. The lowest BCUT2D eigenvalue weighted by Gasteiger charge is -2.29. The molecule has 0 amide bonds. The van der Waals surface area contributed by atoms with Crippen molar-refractivity contribution in [2.45, 2.75) is 24.9 Å². The molecule has 2 aromatic carbocycles. The van der Waals surface area contributed by atoms with Crippen LogP contribution in [0, 0.1) is 12.7 Å². The van der Waals surface area contributed by atoms with Gasteiger partial charge in [-0.1, -0.05) is 18.2 Å². The van der Waals surface area contributed by atoms with E-state index in [1.54, 1.807) is 38.2 Å². The molecule has 2 aromatic rings. The number of aliphatic imine (C=N–C) groups is 1. The first-order valence-corrected chi connectivity index (χ1v) is 12.0. The van der Waals surface area contributed by atoms with E-state index in [9.17, 15) is 12.8 Å². The Hall–Kier alpha value is -1.92. The quantitative estimate of drug-likeness (QED) is 0.313. The zero-order valence-corrected chi connectivity index (χ0v) is 21.7. The third-order valence-electron chi connectivity index (χ3n) is 5.15. The van der Waals surface area contributed by atoms with Gasteiger partial charge < -0.3 is 20.3 Å². The fourth-order valence-electron chi connectivity index (χ4n) is 3.55. The highest BCUT2D eigenvalue weighted by Crippen LogP contribution is 2.21. The van der Waals surface area contributed by atoms with Crippen LogP contribution in [0.4, 0.5) is 10.1 Å². The number of nitrogens with zero attached hydrogens (tertiary/aromatic N) is 2. The van der Waals surface area contributed by atoms with Gasteiger partial charge in [0, 0.05) is 39.5 Å². The average molecular weight is 576 g/mol. The van der Waals surface area contributed by atoms with Crippen molar-refractivity contribution in [3.63, 3.8) is 0 Å². The van der Waals surface area contributed by atoms with Gasteiger partial charge in [-0.05, 0) is 41.8 Å². The van der Waals surface area contributed by atoms with Gasteiger partial charge >= 0.3 is 0 Å². The van der Waals surface area contributed by atoms with Crippen molar-refractivity contribution in [2.75, 3.05) is 44.5 Å². The van der Waals surface area contributed by atoms with Crippen LogP contribution < -0.4 is 15.5 Å². The third-order valence-corrected chi connectivity index (χ3v) is 6.40. The Morgan fingerprint density at radius 2 is 1.69 bits per heavy atom. The fourth-order valence-corrected chi connectivity index (χ4v) is 4.51. The van der Waals surface area contributed by atoms with Gasteiger partial charge in [-0.3, -0.25) is 4.99 Å². The second-order valence-electron chi connectivity index (χ2n) is 7.54. The summed E-state index contributed by atoms with van der Waals surface area (Å²) in [5.74, 6) is 0.327. The Morgan fingerprint density at radius 3 is 2.22 bits per heavy atom. The van der Waals surface area contributed by atoms with Crippen molar-refractivity contribution in [1.29, 1.82) is 0 Å². The van der Waals surface area contributed by atoms with Gasteiger partial charge in [0.05, 0.1) is 23.8 Å². The number of morpholine rings is 1. The number of ether oxygens (including phenoxy) is 1. The zero-order chi connectivity index (χ0) is 22.4. The number of anilines is 1. The number of hydrogen-bond donors (Lipinski definition) is 2. The highest BCUT2D eigenvalue weighted by Gasteiger charge is 2.15. The van der Waals surface area contributed by atoms with Crippen LogP contribution in [-0.4, -0.2) is 54.0 Å². The molecule has 0 radical (unpaired) electrons. The number of halogens is 2. The maximum Gasteiger partial charge on any atom is 0.191 e. The molecule has 0 atom stereocenters. The molecule has 2 N–H and O–H groups in total. The molecular weight excluding hydrogens is 546 g/mol. The van der Waals surface area contributed by atoms with Crippen LogP contribution in [0.25, 0.3) is 0 Å². The van der Waals surface area contributed by atoms with Gasteiger partial charge in [0.25, 0.3) is 0 Å². The first kappa shape index (κ1) is 26.3. The number of sulfone groups is 1. The number of nitrogens with one attached hydrogen (secondary N) is 2. The Labute approximate surface area is 206 Å². The van der Waals surface area contributed by atoms with Crippen LogP contribution in [0.3, 0.4) is 0 Å². The van der Waals surface area contributed by atoms with Crippen LogP contribution in [-0.2, 0) is 27.7 Å². The fraction of sp³-hybridized carbons (Fsp3) is 0.409. The lowest BCUT2D eigenvalue weighted by molar-refractivity contribution is 0.122. The smallest absolute Gasteiger partial charge is 0.191 e. The summed E-state index contributed by atoms with van der Waals surface area (Å²) >= 11 is 0. The largest absolute Gasteiger partial charge is 0.378 e. The minimum atomic E-state index is -3.24. The predicted octanol–water partition coefficient (Wildman–Crippen LogP) is 2.86. The van der Waals surface area contributed by atoms with E-state index in [4.69, 9.17) is 4.74 Å². The molecule has 1 saturated heterocycles. The molecule has 10 heteroatoms.